The minimum Gasteiger partial charge on any atom is -0.484 e. The summed E-state index contributed by atoms with van der Waals surface area (Å²) in [5, 5.41) is 8.24. The number of pyridine rings is 1. The van der Waals surface area contributed by atoms with Gasteiger partial charge in [0.1, 0.15) is 5.75 Å². The number of carbonyl (C=O) groups excluding carboxylic acids is 2. The first kappa shape index (κ1) is 19.9. The predicted molar refractivity (Wildman–Crippen MR) is 112 cm³/mol. The number of aryl methyl sites for hydroxylation is 1. The molecule has 0 unspecified atom stereocenters. The SMILES string of the molecule is Cc1cccc(CNC(=O)Nc2cccc(OCC(=O)Nc3ccccc3)c2)n1. The van der Waals surface area contributed by atoms with E-state index in [0.717, 1.165) is 11.4 Å². The normalized spacial score (nSPS) is 10.1. The van der Waals surface area contributed by atoms with Crippen molar-refractivity contribution in [2.75, 3.05) is 17.2 Å². The van der Waals surface area contributed by atoms with Gasteiger partial charge in [-0.2, -0.15) is 0 Å². The van der Waals surface area contributed by atoms with E-state index in [9.17, 15) is 9.59 Å². The second-order valence-corrected chi connectivity index (χ2v) is 6.31. The lowest BCUT2D eigenvalue weighted by Gasteiger charge is -2.10. The third-order valence-electron chi connectivity index (χ3n) is 3.90. The van der Waals surface area contributed by atoms with Crippen LogP contribution in [0.25, 0.3) is 0 Å². The second kappa shape index (κ2) is 9.89. The first-order valence-electron chi connectivity index (χ1n) is 9.13. The molecule has 3 rings (SSSR count). The standard InChI is InChI=1S/C22H22N4O3/c1-16-7-5-11-19(24-16)14-23-22(28)26-18-10-6-12-20(13-18)29-15-21(27)25-17-8-3-2-4-9-17/h2-13H,14-15H2,1H3,(H,25,27)(H2,23,26,28). The van der Waals surface area contributed by atoms with Crippen molar-refractivity contribution in [2.24, 2.45) is 0 Å². The number of benzene rings is 2. The van der Waals surface area contributed by atoms with Crippen LogP contribution in [0.2, 0.25) is 0 Å². The Morgan fingerprint density at radius 3 is 2.45 bits per heavy atom. The fourth-order valence-corrected chi connectivity index (χ4v) is 2.58. The molecule has 1 heterocycles. The molecule has 2 aromatic carbocycles. The molecule has 7 heteroatoms. The van der Waals surface area contributed by atoms with Crippen molar-refractivity contribution < 1.29 is 14.3 Å². The number of carbonyl (C=O) groups is 2. The lowest BCUT2D eigenvalue weighted by Crippen LogP contribution is -2.28. The van der Waals surface area contributed by atoms with Gasteiger partial charge in [-0.05, 0) is 43.3 Å². The van der Waals surface area contributed by atoms with E-state index in [1.165, 1.54) is 0 Å². The molecule has 0 aliphatic rings. The zero-order chi connectivity index (χ0) is 20.5. The van der Waals surface area contributed by atoms with Gasteiger partial charge in [-0.3, -0.25) is 9.78 Å². The summed E-state index contributed by atoms with van der Waals surface area (Å²) >= 11 is 0. The third kappa shape index (κ3) is 6.66. The number of hydrogen-bond acceptors (Lipinski definition) is 4. The molecule has 7 nitrogen and oxygen atoms in total. The first-order valence-corrected chi connectivity index (χ1v) is 9.13. The van der Waals surface area contributed by atoms with Gasteiger partial charge in [-0.1, -0.05) is 30.3 Å². The van der Waals surface area contributed by atoms with Gasteiger partial charge in [0.2, 0.25) is 0 Å². The molecule has 29 heavy (non-hydrogen) atoms. The van der Waals surface area contributed by atoms with Gasteiger partial charge in [-0.15, -0.1) is 0 Å². The molecular weight excluding hydrogens is 368 g/mol. The summed E-state index contributed by atoms with van der Waals surface area (Å²) in [6.07, 6.45) is 0. The summed E-state index contributed by atoms with van der Waals surface area (Å²) in [5.74, 6) is 0.212. The van der Waals surface area contributed by atoms with Gasteiger partial charge in [0.15, 0.2) is 6.61 Å². The van der Waals surface area contributed by atoms with Crippen molar-refractivity contribution in [1.29, 1.82) is 0 Å². The van der Waals surface area contributed by atoms with E-state index < -0.39 is 0 Å². The van der Waals surface area contributed by atoms with E-state index in [0.29, 0.717) is 23.7 Å². The number of ether oxygens (including phenoxy) is 1. The van der Waals surface area contributed by atoms with Crippen molar-refractivity contribution in [3.8, 4) is 5.75 Å². The average Bonchev–Trinajstić information content (AvgIpc) is 2.72. The van der Waals surface area contributed by atoms with Gasteiger partial charge < -0.3 is 20.7 Å². The van der Waals surface area contributed by atoms with Crippen LogP contribution >= 0.6 is 0 Å². The van der Waals surface area contributed by atoms with Crippen molar-refractivity contribution in [1.82, 2.24) is 10.3 Å². The van der Waals surface area contributed by atoms with Crippen LogP contribution in [0.1, 0.15) is 11.4 Å². The third-order valence-corrected chi connectivity index (χ3v) is 3.90. The molecule has 0 aliphatic carbocycles. The van der Waals surface area contributed by atoms with E-state index in [1.807, 2.05) is 43.3 Å². The number of anilines is 2. The lowest BCUT2D eigenvalue weighted by molar-refractivity contribution is -0.118. The van der Waals surface area contributed by atoms with Crippen molar-refractivity contribution in [3.05, 3.63) is 84.2 Å². The van der Waals surface area contributed by atoms with E-state index in [-0.39, 0.29) is 18.5 Å². The van der Waals surface area contributed by atoms with Crippen LogP contribution in [0.3, 0.4) is 0 Å². The highest BCUT2D eigenvalue weighted by atomic mass is 16.5. The van der Waals surface area contributed by atoms with Crippen LogP contribution in [-0.2, 0) is 11.3 Å². The molecule has 3 N–H and O–H groups in total. The van der Waals surface area contributed by atoms with Crippen molar-refractivity contribution in [3.63, 3.8) is 0 Å². The molecule has 0 radical (unpaired) electrons. The Morgan fingerprint density at radius 2 is 1.66 bits per heavy atom. The molecule has 148 valence electrons. The summed E-state index contributed by atoms with van der Waals surface area (Å²) in [5.41, 5.74) is 2.93. The maximum absolute atomic E-state index is 12.1. The topological polar surface area (TPSA) is 92.4 Å². The Balaban J connectivity index is 1.47. The molecular formula is C22H22N4O3. The number of amides is 3. The maximum Gasteiger partial charge on any atom is 0.319 e. The molecule has 0 aliphatic heterocycles. The summed E-state index contributed by atoms with van der Waals surface area (Å²) in [4.78, 5) is 28.4. The van der Waals surface area contributed by atoms with E-state index in [4.69, 9.17) is 4.74 Å². The fourth-order valence-electron chi connectivity index (χ4n) is 2.58. The number of nitrogens with zero attached hydrogens (tertiary/aromatic N) is 1. The van der Waals surface area contributed by atoms with Crippen molar-refractivity contribution >= 4 is 23.3 Å². The zero-order valence-electron chi connectivity index (χ0n) is 16.0. The summed E-state index contributed by atoms with van der Waals surface area (Å²) in [6.45, 7) is 2.09. The quantitative estimate of drug-likeness (QED) is 0.573. The van der Waals surface area contributed by atoms with Crippen LogP contribution in [0.15, 0.2) is 72.8 Å². The minimum atomic E-state index is -0.354. The predicted octanol–water partition coefficient (Wildman–Crippen LogP) is 3.73. The number of urea groups is 1. The molecule has 3 aromatic rings. The smallest absolute Gasteiger partial charge is 0.319 e. The molecule has 3 amide bonds. The Morgan fingerprint density at radius 1 is 0.897 bits per heavy atom. The Hall–Kier alpha value is -3.87. The van der Waals surface area contributed by atoms with E-state index in [1.54, 1.807) is 36.4 Å². The fraction of sp³-hybridized carbons (Fsp3) is 0.136. The largest absolute Gasteiger partial charge is 0.484 e. The monoisotopic (exact) mass is 390 g/mol. The molecule has 0 bridgehead atoms. The lowest BCUT2D eigenvalue weighted by atomic mass is 10.3. The van der Waals surface area contributed by atoms with Gasteiger partial charge in [-0.25, -0.2) is 4.79 Å². The zero-order valence-corrected chi connectivity index (χ0v) is 16.0. The highest BCUT2D eigenvalue weighted by Gasteiger charge is 2.06. The van der Waals surface area contributed by atoms with Gasteiger partial charge >= 0.3 is 6.03 Å². The summed E-state index contributed by atoms with van der Waals surface area (Å²) < 4.78 is 5.51. The molecule has 0 atom stereocenters. The van der Waals surface area contributed by atoms with E-state index >= 15 is 0 Å². The molecule has 0 spiro atoms. The van der Waals surface area contributed by atoms with Crippen LogP contribution in [0.4, 0.5) is 16.2 Å². The van der Waals surface area contributed by atoms with Crippen molar-refractivity contribution in [2.45, 2.75) is 13.5 Å². The van der Waals surface area contributed by atoms with Crippen LogP contribution < -0.4 is 20.7 Å². The Bertz CT molecular complexity index is 977. The van der Waals surface area contributed by atoms with Crippen LogP contribution in [0.5, 0.6) is 5.75 Å². The molecule has 0 fully saturated rings. The average molecular weight is 390 g/mol. The summed E-state index contributed by atoms with van der Waals surface area (Å²) in [6, 6.07) is 21.3. The highest BCUT2D eigenvalue weighted by molar-refractivity contribution is 5.92. The maximum atomic E-state index is 12.1. The Kier molecular flexibility index (Phi) is 6.78. The number of hydrogen-bond donors (Lipinski definition) is 3. The molecule has 1 aromatic heterocycles. The van der Waals surface area contributed by atoms with Gasteiger partial charge in [0.25, 0.3) is 5.91 Å². The van der Waals surface area contributed by atoms with E-state index in [2.05, 4.69) is 20.9 Å². The molecule has 0 saturated carbocycles. The van der Waals surface area contributed by atoms with Gasteiger partial charge in [0.05, 0.1) is 12.2 Å². The van der Waals surface area contributed by atoms with Crippen LogP contribution in [0, 0.1) is 6.92 Å². The number of rotatable bonds is 7. The first-order chi connectivity index (χ1) is 14.1. The second-order valence-electron chi connectivity index (χ2n) is 6.31. The number of aromatic nitrogens is 1. The number of para-hydroxylation sites is 1. The van der Waals surface area contributed by atoms with Crippen LogP contribution in [-0.4, -0.2) is 23.5 Å². The number of nitrogens with one attached hydrogen (secondary N) is 3. The Labute approximate surface area is 169 Å². The minimum absolute atomic E-state index is 0.135. The molecule has 0 saturated heterocycles. The van der Waals surface area contributed by atoms with Gasteiger partial charge in [0, 0.05) is 23.1 Å². The highest BCUT2D eigenvalue weighted by Crippen LogP contribution is 2.17. The summed E-state index contributed by atoms with van der Waals surface area (Å²) in [7, 11) is 0.